The zero-order valence-electron chi connectivity index (χ0n) is 13.2. The van der Waals surface area contributed by atoms with Crippen LogP contribution in [0.1, 0.15) is 24.4 Å². The molecule has 2 aromatic heterocycles. The van der Waals surface area contributed by atoms with Gasteiger partial charge in [-0.15, -0.1) is 11.3 Å². The van der Waals surface area contributed by atoms with Crippen LogP contribution in [0.25, 0.3) is 21.0 Å². The van der Waals surface area contributed by atoms with Crippen LogP contribution in [0.3, 0.4) is 0 Å². The number of hydrogen-bond donors (Lipinski definition) is 1. The predicted octanol–water partition coefficient (Wildman–Crippen LogP) is 3.40. The minimum Gasteiger partial charge on any atom is -0.448 e. The molecule has 1 amide bonds. The Hall–Kier alpha value is -2.18. The van der Waals surface area contributed by atoms with Gasteiger partial charge >= 0.3 is 0 Å². The van der Waals surface area contributed by atoms with E-state index in [-0.39, 0.29) is 18.2 Å². The number of amides is 1. The van der Waals surface area contributed by atoms with Crippen LogP contribution in [0, 0.1) is 0 Å². The van der Waals surface area contributed by atoms with Crippen molar-refractivity contribution in [2.24, 2.45) is 0 Å². The summed E-state index contributed by atoms with van der Waals surface area (Å²) >= 11 is 1.52. The van der Waals surface area contributed by atoms with Crippen LogP contribution in [-0.2, 0) is 0 Å². The Balaban J connectivity index is 1.84. The first-order chi connectivity index (χ1) is 10.8. The van der Waals surface area contributed by atoms with Crippen LogP contribution < -0.4 is 0 Å². The molecule has 120 valence electrons. The van der Waals surface area contributed by atoms with E-state index in [1.165, 1.54) is 16.2 Å². The molecule has 0 spiro atoms. The molecular weight excluding hydrogens is 312 g/mol. The van der Waals surface area contributed by atoms with Crippen LogP contribution in [0.15, 0.2) is 40.8 Å². The summed E-state index contributed by atoms with van der Waals surface area (Å²) in [5.74, 6) is 0.553. The second-order valence-corrected chi connectivity index (χ2v) is 7.15. The summed E-state index contributed by atoms with van der Waals surface area (Å²) in [5, 5.41) is 10.6. The molecule has 0 radical (unpaired) electrons. The molecule has 1 aromatic carbocycles. The molecular formula is C17H18N2O3S. The molecule has 0 saturated carbocycles. The molecule has 3 rings (SSSR count). The fourth-order valence-electron chi connectivity index (χ4n) is 2.39. The first kappa shape index (κ1) is 15.7. The van der Waals surface area contributed by atoms with E-state index >= 15 is 0 Å². The van der Waals surface area contributed by atoms with E-state index < -0.39 is 5.60 Å². The quantitative estimate of drug-likeness (QED) is 0.796. The number of benzene rings is 1. The van der Waals surface area contributed by atoms with Crippen molar-refractivity contribution in [1.29, 1.82) is 0 Å². The Bertz CT molecular complexity index is 812. The van der Waals surface area contributed by atoms with Crippen LogP contribution >= 0.6 is 11.3 Å². The Labute approximate surface area is 138 Å². The van der Waals surface area contributed by atoms with Crippen LogP contribution in [-0.4, -0.2) is 40.1 Å². The molecule has 0 aliphatic rings. The van der Waals surface area contributed by atoms with E-state index in [0.717, 1.165) is 15.2 Å². The molecule has 0 aliphatic heterocycles. The van der Waals surface area contributed by atoms with E-state index in [9.17, 15) is 9.90 Å². The van der Waals surface area contributed by atoms with E-state index in [2.05, 4.69) is 4.98 Å². The Morgan fingerprint density at radius 1 is 1.30 bits per heavy atom. The van der Waals surface area contributed by atoms with Gasteiger partial charge in [0.2, 0.25) is 0 Å². The lowest BCUT2D eigenvalue weighted by Crippen LogP contribution is -2.39. The summed E-state index contributed by atoms with van der Waals surface area (Å²) in [6.45, 7) is 3.54. The van der Waals surface area contributed by atoms with E-state index in [0.29, 0.717) is 5.76 Å². The van der Waals surface area contributed by atoms with Crippen molar-refractivity contribution < 1.29 is 14.3 Å². The molecule has 2 heterocycles. The maximum Gasteiger partial charge on any atom is 0.289 e. The molecule has 1 N–H and O–H groups in total. The van der Waals surface area contributed by atoms with Crippen molar-refractivity contribution >= 4 is 27.5 Å². The molecule has 0 unspecified atom stereocenters. The number of fused-ring (bicyclic) bond motifs is 1. The van der Waals surface area contributed by atoms with Crippen molar-refractivity contribution in [1.82, 2.24) is 9.88 Å². The van der Waals surface area contributed by atoms with Gasteiger partial charge in [0.1, 0.15) is 0 Å². The summed E-state index contributed by atoms with van der Waals surface area (Å²) in [6.07, 6.45) is 0. The number of likely N-dealkylation sites (N-methyl/N-ethyl adjacent to an activating group) is 1. The van der Waals surface area contributed by atoms with Crippen molar-refractivity contribution in [3.05, 3.63) is 42.2 Å². The SMILES string of the molecule is CN(CC(C)(C)O)C(=O)c1ccc(-c2nc3ccccc3s2)o1. The second kappa shape index (κ2) is 5.79. The minimum absolute atomic E-state index is 0.225. The first-order valence-corrected chi connectivity index (χ1v) is 8.09. The van der Waals surface area contributed by atoms with Gasteiger partial charge in [-0.2, -0.15) is 0 Å². The third-order valence-corrected chi connectivity index (χ3v) is 4.34. The zero-order chi connectivity index (χ0) is 16.6. The lowest BCUT2D eigenvalue weighted by atomic mass is 10.1. The average molecular weight is 330 g/mol. The standard InChI is InChI=1S/C17H18N2O3S/c1-17(2,21)10-19(3)16(20)13-9-8-12(22-13)15-18-11-6-4-5-7-14(11)23-15/h4-9,21H,10H2,1-3H3. The summed E-state index contributed by atoms with van der Waals surface area (Å²) in [4.78, 5) is 18.3. The number of hydrogen-bond acceptors (Lipinski definition) is 5. The van der Waals surface area contributed by atoms with Gasteiger partial charge in [-0.1, -0.05) is 12.1 Å². The highest BCUT2D eigenvalue weighted by molar-refractivity contribution is 7.21. The average Bonchev–Trinajstić information content (AvgIpc) is 3.11. The molecule has 0 saturated heterocycles. The fourth-order valence-corrected chi connectivity index (χ4v) is 3.31. The van der Waals surface area contributed by atoms with Crippen molar-refractivity contribution in [2.45, 2.75) is 19.4 Å². The van der Waals surface area contributed by atoms with Crippen LogP contribution in [0.2, 0.25) is 0 Å². The van der Waals surface area contributed by atoms with Gasteiger partial charge in [-0.25, -0.2) is 4.98 Å². The molecule has 0 fully saturated rings. The number of nitrogens with zero attached hydrogens (tertiary/aromatic N) is 2. The van der Waals surface area contributed by atoms with E-state index in [1.54, 1.807) is 33.0 Å². The smallest absolute Gasteiger partial charge is 0.289 e. The number of carbonyl (C=O) groups is 1. The van der Waals surface area contributed by atoms with Crippen LogP contribution in [0.5, 0.6) is 0 Å². The van der Waals surface area contributed by atoms with Gasteiger partial charge in [-0.3, -0.25) is 4.79 Å². The predicted molar refractivity (Wildman–Crippen MR) is 90.6 cm³/mol. The molecule has 5 nitrogen and oxygen atoms in total. The number of para-hydroxylation sites is 1. The maximum absolute atomic E-state index is 12.3. The lowest BCUT2D eigenvalue weighted by Gasteiger charge is -2.24. The third kappa shape index (κ3) is 3.43. The molecule has 3 aromatic rings. The van der Waals surface area contributed by atoms with Gasteiger partial charge in [0.05, 0.1) is 15.8 Å². The molecule has 0 bridgehead atoms. The monoisotopic (exact) mass is 330 g/mol. The minimum atomic E-state index is -0.952. The molecule has 23 heavy (non-hydrogen) atoms. The number of furan rings is 1. The summed E-state index contributed by atoms with van der Waals surface area (Å²) < 4.78 is 6.75. The van der Waals surface area contributed by atoms with Crippen molar-refractivity contribution in [2.75, 3.05) is 13.6 Å². The van der Waals surface area contributed by atoms with E-state index in [1.807, 2.05) is 24.3 Å². The largest absolute Gasteiger partial charge is 0.448 e. The highest BCUT2D eigenvalue weighted by Gasteiger charge is 2.23. The van der Waals surface area contributed by atoms with Crippen LogP contribution in [0.4, 0.5) is 0 Å². The summed E-state index contributed by atoms with van der Waals surface area (Å²) in [7, 11) is 1.64. The van der Waals surface area contributed by atoms with Gasteiger partial charge in [0.15, 0.2) is 16.5 Å². The van der Waals surface area contributed by atoms with Gasteiger partial charge in [-0.05, 0) is 38.1 Å². The van der Waals surface area contributed by atoms with Crippen molar-refractivity contribution in [3.63, 3.8) is 0 Å². The number of rotatable bonds is 4. The lowest BCUT2D eigenvalue weighted by molar-refractivity contribution is 0.0352. The zero-order valence-corrected chi connectivity index (χ0v) is 14.1. The van der Waals surface area contributed by atoms with E-state index in [4.69, 9.17) is 4.42 Å². The number of thiazole rings is 1. The second-order valence-electron chi connectivity index (χ2n) is 6.12. The Morgan fingerprint density at radius 2 is 2.04 bits per heavy atom. The van der Waals surface area contributed by atoms with Gasteiger partial charge < -0.3 is 14.4 Å². The first-order valence-electron chi connectivity index (χ1n) is 7.27. The molecule has 0 atom stereocenters. The number of carbonyl (C=O) groups excluding carboxylic acids is 1. The highest BCUT2D eigenvalue weighted by atomic mass is 32.1. The topological polar surface area (TPSA) is 66.6 Å². The normalized spacial score (nSPS) is 11.8. The Morgan fingerprint density at radius 3 is 2.74 bits per heavy atom. The molecule has 6 heteroatoms. The Kier molecular flexibility index (Phi) is 3.95. The maximum atomic E-state index is 12.3. The molecule has 0 aliphatic carbocycles. The summed E-state index contributed by atoms with van der Waals surface area (Å²) in [6, 6.07) is 11.2. The third-order valence-electron chi connectivity index (χ3n) is 3.29. The fraction of sp³-hybridized carbons (Fsp3) is 0.294. The van der Waals surface area contributed by atoms with Gasteiger partial charge in [0.25, 0.3) is 5.91 Å². The van der Waals surface area contributed by atoms with Crippen molar-refractivity contribution in [3.8, 4) is 10.8 Å². The van der Waals surface area contributed by atoms with Gasteiger partial charge in [0, 0.05) is 13.6 Å². The number of aliphatic hydroxyl groups is 1. The highest BCUT2D eigenvalue weighted by Crippen LogP contribution is 2.31. The summed E-state index contributed by atoms with van der Waals surface area (Å²) in [5.41, 5.74) is -0.0386. The number of aromatic nitrogens is 1.